The molecule has 0 saturated heterocycles. The second-order valence-electron chi connectivity index (χ2n) is 4.02. The number of hydrogen-bond acceptors (Lipinski definition) is 2. The van der Waals surface area contributed by atoms with Gasteiger partial charge in [-0.3, -0.25) is 0 Å². The first-order chi connectivity index (χ1) is 9.35. The fourth-order valence-corrected chi connectivity index (χ4v) is 1.74. The third-order valence-electron chi connectivity index (χ3n) is 2.56. The van der Waals surface area contributed by atoms with Crippen LogP contribution in [0.15, 0.2) is 42.6 Å². The number of aromatic nitrogens is 1. The Morgan fingerprint density at radius 3 is 2.40 bits per heavy atom. The molecule has 0 aliphatic heterocycles. The first-order valence-corrected chi connectivity index (χ1v) is 5.58. The minimum absolute atomic E-state index is 0.112. The van der Waals surface area contributed by atoms with Crippen LogP contribution in [0.2, 0.25) is 0 Å². The van der Waals surface area contributed by atoms with Crippen molar-refractivity contribution in [2.24, 2.45) is 0 Å². The molecule has 0 fully saturated rings. The summed E-state index contributed by atoms with van der Waals surface area (Å²) >= 11 is 0. The van der Waals surface area contributed by atoms with E-state index in [1.54, 1.807) is 12.3 Å². The van der Waals surface area contributed by atoms with E-state index in [0.717, 1.165) is 0 Å². The average Bonchev–Trinajstić information content (AvgIpc) is 2.78. The molecule has 0 atom stereocenters. The highest BCUT2D eigenvalue weighted by Crippen LogP contribution is 2.23. The molecule has 1 N–H and O–H groups in total. The van der Waals surface area contributed by atoms with Crippen molar-refractivity contribution in [3.05, 3.63) is 53.9 Å². The van der Waals surface area contributed by atoms with Gasteiger partial charge in [0.15, 0.2) is 0 Å². The van der Waals surface area contributed by atoms with E-state index < -0.39 is 12.3 Å². The highest BCUT2D eigenvalue weighted by Gasteiger charge is 2.30. The summed E-state index contributed by atoms with van der Waals surface area (Å²) in [6, 6.07) is 8.31. The van der Waals surface area contributed by atoms with E-state index in [1.807, 2.05) is 0 Å². The summed E-state index contributed by atoms with van der Waals surface area (Å²) in [6.45, 7) is 0.251. The largest absolute Gasteiger partial charge is 0.573 e. The molecule has 4 nitrogen and oxygen atoms in total. The van der Waals surface area contributed by atoms with Crippen molar-refractivity contribution >= 4 is 5.97 Å². The molecule has 0 bridgehead atoms. The van der Waals surface area contributed by atoms with Gasteiger partial charge in [0.05, 0.1) is 0 Å². The summed E-state index contributed by atoms with van der Waals surface area (Å²) in [7, 11) is 0. The maximum atomic E-state index is 12.0. The molecule has 2 aromatic rings. The van der Waals surface area contributed by atoms with Crippen molar-refractivity contribution in [2.45, 2.75) is 12.9 Å². The Morgan fingerprint density at radius 1 is 1.20 bits per heavy atom. The second-order valence-corrected chi connectivity index (χ2v) is 4.02. The fraction of sp³-hybridized carbons (Fsp3) is 0.154. The molecular weight excluding hydrogens is 275 g/mol. The van der Waals surface area contributed by atoms with Gasteiger partial charge >= 0.3 is 12.3 Å². The van der Waals surface area contributed by atoms with Crippen LogP contribution in [0.4, 0.5) is 13.2 Å². The topological polar surface area (TPSA) is 51.5 Å². The molecule has 20 heavy (non-hydrogen) atoms. The standard InChI is InChI=1S/C13H10F3NO3/c14-13(15,16)20-10-5-3-9(4-6-10)8-17-7-1-2-11(17)12(18)19/h1-7H,8H2,(H,18,19). The number of carbonyl (C=O) groups is 1. The van der Waals surface area contributed by atoms with Gasteiger partial charge in [-0.05, 0) is 29.8 Å². The number of alkyl halides is 3. The lowest BCUT2D eigenvalue weighted by Crippen LogP contribution is -2.17. The van der Waals surface area contributed by atoms with E-state index >= 15 is 0 Å². The van der Waals surface area contributed by atoms with E-state index in [-0.39, 0.29) is 18.0 Å². The van der Waals surface area contributed by atoms with Gasteiger partial charge in [-0.25, -0.2) is 4.79 Å². The second kappa shape index (κ2) is 5.28. The Kier molecular flexibility index (Phi) is 3.69. The van der Waals surface area contributed by atoms with Crippen LogP contribution in [0.1, 0.15) is 16.1 Å². The maximum Gasteiger partial charge on any atom is 0.573 e. The van der Waals surface area contributed by atoms with Crippen molar-refractivity contribution in [1.29, 1.82) is 0 Å². The number of rotatable bonds is 4. The predicted octanol–water partition coefficient (Wildman–Crippen LogP) is 3.13. The van der Waals surface area contributed by atoms with Gasteiger partial charge < -0.3 is 14.4 Å². The molecule has 0 radical (unpaired) electrons. The van der Waals surface area contributed by atoms with Gasteiger partial charge in [-0.1, -0.05) is 12.1 Å². The van der Waals surface area contributed by atoms with Crippen LogP contribution in [0.5, 0.6) is 5.75 Å². The molecule has 0 spiro atoms. The first kappa shape index (κ1) is 14.0. The highest BCUT2D eigenvalue weighted by atomic mass is 19.4. The van der Waals surface area contributed by atoms with Crippen LogP contribution in [-0.2, 0) is 6.54 Å². The lowest BCUT2D eigenvalue weighted by atomic mass is 10.2. The van der Waals surface area contributed by atoms with Crippen LogP contribution in [0, 0.1) is 0 Å². The van der Waals surface area contributed by atoms with Gasteiger partial charge in [-0.15, -0.1) is 13.2 Å². The summed E-state index contributed by atoms with van der Waals surface area (Å²) in [5, 5.41) is 8.94. The van der Waals surface area contributed by atoms with Gasteiger partial charge in [0, 0.05) is 12.7 Å². The summed E-state index contributed by atoms with van der Waals surface area (Å²) in [6.07, 6.45) is -3.14. The minimum Gasteiger partial charge on any atom is -0.477 e. The lowest BCUT2D eigenvalue weighted by Gasteiger charge is -2.10. The number of halogens is 3. The summed E-state index contributed by atoms with van der Waals surface area (Å²) < 4.78 is 41.2. The molecule has 7 heteroatoms. The van der Waals surface area contributed by atoms with Crippen LogP contribution in [0.25, 0.3) is 0 Å². The number of benzene rings is 1. The predicted molar refractivity (Wildman–Crippen MR) is 63.6 cm³/mol. The van der Waals surface area contributed by atoms with E-state index in [4.69, 9.17) is 5.11 Å². The Balaban J connectivity index is 2.11. The molecule has 2 rings (SSSR count). The summed E-state index contributed by atoms with van der Waals surface area (Å²) in [5.41, 5.74) is 0.777. The van der Waals surface area contributed by atoms with Crippen molar-refractivity contribution in [1.82, 2.24) is 4.57 Å². The number of nitrogens with zero attached hydrogens (tertiary/aromatic N) is 1. The van der Waals surface area contributed by atoms with Crippen LogP contribution in [0.3, 0.4) is 0 Å². The Bertz CT molecular complexity index is 602. The lowest BCUT2D eigenvalue weighted by molar-refractivity contribution is -0.274. The molecular formula is C13H10F3NO3. The molecule has 1 heterocycles. The number of carboxylic acids is 1. The number of ether oxygens (including phenoxy) is 1. The van der Waals surface area contributed by atoms with E-state index in [0.29, 0.717) is 5.56 Å². The van der Waals surface area contributed by atoms with Crippen LogP contribution < -0.4 is 4.74 Å². The summed E-state index contributed by atoms with van der Waals surface area (Å²) in [5.74, 6) is -1.38. The number of carboxylic acid groups (broad SMARTS) is 1. The molecule has 1 aromatic heterocycles. The quantitative estimate of drug-likeness (QED) is 0.939. The number of aromatic carboxylic acids is 1. The maximum absolute atomic E-state index is 12.0. The third kappa shape index (κ3) is 3.53. The van der Waals surface area contributed by atoms with Gasteiger partial charge in [0.2, 0.25) is 0 Å². The number of hydrogen-bond donors (Lipinski definition) is 1. The third-order valence-corrected chi connectivity index (χ3v) is 2.56. The molecule has 0 aliphatic rings. The fourth-order valence-electron chi connectivity index (χ4n) is 1.74. The van der Waals surface area contributed by atoms with Gasteiger partial charge in [-0.2, -0.15) is 0 Å². The zero-order valence-electron chi connectivity index (χ0n) is 10.1. The van der Waals surface area contributed by atoms with Crippen molar-refractivity contribution in [3.63, 3.8) is 0 Å². The van der Waals surface area contributed by atoms with Crippen molar-refractivity contribution in [2.75, 3.05) is 0 Å². The molecule has 106 valence electrons. The van der Waals surface area contributed by atoms with Crippen molar-refractivity contribution < 1.29 is 27.8 Å². The van der Waals surface area contributed by atoms with Crippen LogP contribution in [-0.4, -0.2) is 22.0 Å². The average molecular weight is 285 g/mol. The molecule has 0 unspecified atom stereocenters. The zero-order valence-corrected chi connectivity index (χ0v) is 10.1. The van der Waals surface area contributed by atoms with E-state index in [2.05, 4.69) is 4.74 Å². The van der Waals surface area contributed by atoms with E-state index in [9.17, 15) is 18.0 Å². The molecule has 0 aliphatic carbocycles. The minimum atomic E-state index is -4.72. The van der Waals surface area contributed by atoms with Crippen molar-refractivity contribution in [3.8, 4) is 5.75 Å². The monoisotopic (exact) mass is 285 g/mol. The molecule has 0 amide bonds. The summed E-state index contributed by atoms with van der Waals surface area (Å²) in [4.78, 5) is 10.9. The van der Waals surface area contributed by atoms with Gasteiger partial charge in [0.1, 0.15) is 11.4 Å². The molecule has 1 aromatic carbocycles. The zero-order chi connectivity index (χ0) is 14.8. The van der Waals surface area contributed by atoms with Gasteiger partial charge in [0.25, 0.3) is 0 Å². The Labute approximate surface area is 112 Å². The highest BCUT2D eigenvalue weighted by molar-refractivity contribution is 5.85. The Morgan fingerprint density at radius 2 is 1.85 bits per heavy atom. The Hall–Kier alpha value is -2.44. The SMILES string of the molecule is O=C(O)c1cccn1Cc1ccc(OC(F)(F)F)cc1. The van der Waals surface area contributed by atoms with Crippen LogP contribution >= 0.6 is 0 Å². The first-order valence-electron chi connectivity index (χ1n) is 5.58. The smallest absolute Gasteiger partial charge is 0.477 e. The normalized spacial score (nSPS) is 11.3. The molecule has 0 saturated carbocycles. The van der Waals surface area contributed by atoms with E-state index in [1.165, 1.54) is 34.9 Å².